The fraction of sp³-hybridized carbons (Fsp3) is 0.917. The first kappa shape index (κ1) is 11.8. The van der Waals surface area contributed by atoms with E-state index < -0.39 is 23.7 Å². The second-order valence-electron chi connectivity index (χ2n) is 6.10. The Kier molecular flexibility index (Phi) is 2.34. The molecule has 0 aliphatic heterocycles. The maximum atomic E-state index is 13.3. The summed E-state index contributed by atoms with van der Waals surface area (Å²) in [4.78, 5) is 11.1. The van der Waals surface area contributed by atoms with Gasteiger partial charge in [0.25, 0.3) is 5.92 Å². The molecule has 2 aliphatic carbocycles. The standard InChI is InChI=1S/C12H18F2O2/c1-10(2)5-3-8(4-6-10)11(9(15)16)7-12(11,13)14/h8H,3-7H2,1-2H3,(H,15,16). The van der Waals surface area contributed by atoms with Crippen molar-refractivity contribution in [2.75, 3.05) is 0 Å². The number of hydrogen-bond donors (Lipinski definition) is 1. The minimum atomic E-state index is -2.98. The van der Waals surface area contributed by atoms with E-state index in [9.17, 15) is 13.6 Å². The Hall–Kier alpha value is -0.670. The average Bonchev–Trinajstić information content (AvgIpc) is 2.70. The maximum Gasteiger partial charge on any atom is 0.316 e. The molecule has 0 aromatic rings. The van der Waals surface area contributed by atoms with E-state index in [0.717, 1.165) is 12.8 Å². The molecule has 4 heteroatoms. The van der Waals surface area contributed by atoms with Crippen LogP contribution in [0.3, 0.4) is 0 Å². The normalized spacial score (nSPS) is 37.0. The van der Waals surface area contributed by atoms with Gasteiger partial charge in [0, 0.05) is 6.42 Å². The zero-order chi connectivity index (χ0) is 12.2. The number of rotatable bonds is 2. The molecular formula is C12H18F2O2. The molecule has 92 valence electrons. The van der Waals surface area contributed by atoms with Gasteiger partial charge in [0.15, 0.2) is 0 Å². The third-order valence-electron chi connectivity index (χ3n) is 4.45. The van der Waals surface area contributed by atoms with Crippen molar-refractivity contribution in [2.24, 2.45) is 16.7 Å². The molecule has 0 saturated heterocycles. The highest BCUT2D eigenvalue weighted by Gasteiger charge is 2.79. The highest BCUT2D eigenvalue weighted by atomic mass is 19.3. The number of halogens is 2. The Balaban J connectivity index is 2.12. The first-order valence-electron chi connectivity index (χ1n) is 5.83. The van der Waals surface area contributed by atoms with Gasteiger partial charge in [-0.05, 0) is 37.0 Å². The van der Waals surface area contributed by atoms with E-state index in [1.807, 2.05) is 0 Å². The van der Waals surface area contributed by atoms with E-state index in [2.05, 4.69) is 13.8 Å². The Labute approximate surface area is 94.0 Å². The molecular weight excluding hydrogens is 214 g/mol. The Morgan fingerprint density at radius 3 is 2.00 bits per heavy atom. The van der Waals surface area contributed by atoms with Crippen molar-refractivity contribution in [1.29, 1.82) is 0 Å². The predicted molar refractivity (Wildman–Crippen MR) is 55.4 cm³/mol. The lowest BCUT2D eigenvalue weighted by Crippen LogP contribution is -2.35. The molecule has 16 heavy (non-hydrogen) atoms. The molecule has 2 fully saturated rings. The van der Waals surface area contributed by atoms with E-state index in [1.54, 1.807) is 0 Å². The quantitative estimate of drug-likeness (QED) is 0.793. The van der Waals surface area contributed by atoms with E-state index in [0.29, 0.717) is 12.8 Å². The largest absolute Gasteiger partial charge is 0.481 e. The van der Waals surface area contributed by atoms with Gasteiger partial charge in [-0.25, -0.2) is 8.78 Å². The first-order valence-corrected chi connectivity index (χ1v) is 5.83. The van der Waals surface area contributed by atoms with Gasteiger partial charge >= 0.3 is 5.97 Å². The van der Waals surface area contributed by atoms with Crippen molar-refractivity contribution in [2.45, 2.75) is 51.9 Å². The minimum Gasteiger partial charge on any atom is -0.481 e. The van der Waals surface area contributed by atoms with Crippen LogP contribution in [0.5, 0.6) is 0 Å². The van der Waals surface area contributed by atoms with E-state index in [4.69, 9.17) is 5.11 Å². The fourth-order valence-corrected chi connectivity index (χ4v) is 3.05. The molecule has 2 nitrogen and oxygen atoms in total. The fourth-order valence-electron chi connectivity index (χ4n) is 3.05. The molecule has 0 heterocycles. The first-order chi connectivity index (χ1) is 7.21. The number of carboxylic acid groups (broad SMARTS) is 1. The molecule has 0 amide bonds. The summed E-state index contributed by atoms with van der Waals surface area (Å²) in [6.45, 7) is 4.23. The van der Waals surface area contributed by atoms with Crippen LogP contribution in [0.25, 0.3) is 0 Å². The monoisotopic (exact) mass is 232 g/mol. The summed E-state index contributed by atoms with van der Waals surface area (Å²) < 4.78 is 26.6. The summed E-state index contributed by atoms with van der Waals surface area (Å²) >= 11 is 0. The summed E-state index contributed by atoms with van der Waals surface area (Å²) in [5, 5.41) is 9.04. The van der Waals surface area contributed by atoms with Crippen molar-refractivity contribution in [3.05, 3.63) is 0 Å². The summed E-state index contributed by atoms with van der Waals surface area (Å²) in [5.74, 6) is -4.62. The van der Waals surface area contributed by atoms with Crippen LogP contribution in [0.2, 0.25) is 0 Å². The van der Waals surface area contributed by atoms with Crippen molar-refractivity contribution < 1.29 is 18.7 Å². The average molecular weight is 232 g/mol. The summed E-state index contributed by atoms with van der Waals surface area (Å²) in [6.07, 6.45) is 2.48. The van der Waals surface area contributed by atoms with Gasteiger partial charge in [-0.1, -0.05) is 13.8 Å². The zero-order valence-corrected chi connectivity index (χ0v) is 9.72. The van der Waals surface area contributed by atoms with Crippen LogP contribution in [-0.4, -0.2) is 17.0 Å². The number of carbonyl (C=O) groups is 1. The number of hydrogen-bond acceptors (Lipinski definition) is 1. The smallest absolute Gasteiger partial charge is 0.316 e. The Bertz CT molecular complexity index is 315. The Morgan fingerprint density at radius 1 is 1.25 bits per heavy atom. The molecule has 0 radical (unpaired) electrons. The molecule has 2 saturated carbocycles. The molecule has 1 unspecified atom stereocenters. The lowest BCUT2D eigenvalue weighted by atomic mass is 9.68. The van der Waals surface area contributed by atoms with E-state index in [1.165, 1.54) is 0 Å². The minimum absolute atomic E-state index is 0.181. The lowest BCUT2D eigenvalue weighted by Gasteiger charge is -2.36. The van der Waals surface area contributed by atoms with Gasteiger partial charge < -0.3 is 5.11 Å². The molecule has 0 spiro atoms. The molecule has 0 aromatic carbocycles. The number of alkyl halides is 2. The lowest BCUT2D eigenvalue weighted by molar-refractivity contribution is -0.152. The highest BCUT2D eigenvalue weighted by Crippen LogP contribution is 2.68. The molecule has 0 aromatic heterocycles. The Morgan fingerprint density at radius 2 is 1.69 bits per heavy atom. The van der Waals surface area contributed by atoms with Crippen LogP contribution >= 0.6 is 0 Å². The van der Waals surface area contributed by atoms with Crippen molar-refractivity contribution in [1.82, 2.24) is 0 Å². The third-order valence-corrected chi connectivity index (χ3v) is 4.45. The molecule has 1 N–H and O–H groups in total. The second kappa shape index (κ2) is 3.17. The van der Waals surface area contributed by atoms with Crippen LogP contribution in [0, 0.1) is 16.7 Å². The second-order valence-corrected chi connectivity index (χ2v) is 6.10. The van der Waals surface area contributed by atoms with E-state index >= 15 is 0 Å². The van der Waals surface area contributed by atoms with E-state index in [-0.39, 0.29) is 11.3 Å². The molecule has 2 aliphatic rings. The molecule has 2 rings (SSSR count). The summed E-state index contributed by atoms with van der Waals surface area (Å²) in [5.41, 5.74) is -1.55. The van der Waals surface area contributed by atoms with Gasteiger partial charge in [0.2, 0.25) is 0 Å². The summed E-state index contributed by atoms with van der Waals surface area (Å²) in [7, 11) is 0. The maximum absolute atomic E-state index is 13.3. The van der Waals surface area contributed by atoms with Crippen molar-refractivity contribution in [3.63, 3.8) is 0 Å². The van der Waals surface area contributed by atoms with Crippen LogP contribution in [0.4, 0.5) is 8.78 Å². The zero-order valence-electron chi connectivity index (χ0n) is 9.72. The predicted octanol–water partition coefficient (Wildman–Crippen LogP) is 3.31. The van der Waals surface area contributed by atoms with Crippen LogP contribution in [0.15, 0.2) is 0 Å². The third kappa shape index (κ3) is 1.54. The highest BCUT2D eigenvalue weighted by molar-refractivity contribution is 5.80. The SMILES string of the molecule is CC1(C)CCC(C2(C(=O)O)CC2(F)F)CC1. The number of carboxylic acids is 1. The van der Waals surface area contributed by atoms with Crippen LogP contribution < -0.4 is 0 Å². The molecule has 1 atom stereocenters. The van der Waals surface area contributed by atoms with Gasteiger partial charge in [0.1, 0.15) is 5.41 Å². The summed E-state index contributed by atoms with van der Waals surface area (Å²) in [6, 6.07) is 0. The topological polar surface area (TPSA) is 37.3 Å². The molecule has 0 bridgehead atoms. The number of aliphatic carboxylic acids is 1. The van der Waals surface area contributed by atoms with Gasteiger partial charge in [0.05, 0.1) is 0 Å². The van der Waals surface area contributed by atoms with Gasteiger partial charge in [-0.2, -0.15) is 0 Å². The van der Waals surface area contributed by atoms with Crippen LogP contribution in [0.1, 0.15) is 46.0 Å². The van der Waals surface area contributed by atoms with Gasteiger partial charge in [-0.15, -0.1) is 0 Å². The van der Waals surface area contributed by atoms with Crippen molar-refractivity contribution in [3.8, 4) is 0 Å². The van der Waals surface area contributed by atoms with Crippen LogP contribution in [-0.2, 0) is 4.79 Å². The van der Waals surface area contributed by atoms with Gasteiger partial charge in [-0.3, -0.25) is 4.79 Å². The van der Waals surface area contributed by atoms with Crippen molar-refractivity contribution >= 4 is 5.97 Å².